The Morgan fingerprint density at radius 1 is 0.568 bits per heavy atom. The van der Waals surface area contributed by atoms with Crippen molar-refractivity contribution in [2.45, 2.75) is 19.6 Å². The lowest BCUT2D eigenvalue weighted by molar-refractivity contribution is 0.267. The molecule has 0 aromatic carbocycles. The van der Waals surface area contributed by atoms with Crippen LogP contribution < -0.4 is 32.2 Å². The standard InChI is InChI=1S/C24H30N4O9/c29-19-7-16(35-13-22(19)32)10-25-1-4-28(5-2-26-11-17-8-20(30)23(33)14-36-17)6-3-27-12-18-9-21(31)24(34)15-37-18/h7-9,13-15,25-27,32-34H,1-6,10-12H2. The Bertz CT molecular complexity index is 1160. The summed E-state index contributed by atoms with van der Waals surface area (Å²) in [5.74, 6) is -0.0929. The molecule has 0 saturated carbocycles. The molecule has 0 bridgehead atoms. The molecule has 3 aromatic heterocycles. The van der Waals surface area contributed by atoms with Crippen LogP contribution in [0.15, 0.2) is 64.6 Å². The highest BCUT2D eigenvalue weighted by atomic mass is 16.4. The summed E-state index contributed by atoms with van der Waals surface area (Å²) in [6, 6.07) is 3.70. The summed E-state index contributed by atoms with van der Waals surface area (Å²) in [5.41, 5.74) is -1.51. The lowest BCUT2D eigenvalue weighted by Crippen LogP contribution is -2.40. The average Bonchev–Trinajstić information content (AvgIpc) is 2.87. The number of aromatic hydroxyl groups is 3. The Morgan fingerprint density at radius 3 is 1.14 bits per heavy atom. The second kappa shape index (κ2) is 14.0. The maximum absolute atomic E-state index is 11.5. The highest BCUT2D eigenvalue weighted by Gasteiger charge is 2.08. The molecule has 0 fully saturated rings. The first-order valence-corrected chi connectivity index (χ1v) is 11.6. The minimum atomic E-state index is -0.504. The van der Waals surface area contributed by atoms with Crippen LogP contribution >= 0.6 is 0 Å². The number of nitrogens with zero attached hydrogens (tertiary/aromatic N) is 1. The van der Waals surface area contributed by atoms with Crippen LogP contribution in [0, 0.1) is 0 Å². The Labute approximate surface area is 211 Å². The van der Waals surface area contributed by atoms with Gasteiger partial charge in [-0.3, -0.25) is 19.3 Å². The second-order valence-corrected chi connectivity index (χ2v) is 8.16. The van der Waals surface area contributed by atoms with Crippen molar-refractivity contribution < 1.29 is 28.6 Å². The quantitative estimate of drug-likeness (QED) is 0.143. The molecule has 6 N–H and O–H groups in total. The van der Waals surface area contributed by atoms with Crippen LogP contribution in [0.2, 0.25) is 0 Å². The molecule has 0 radical (unpaired) electrons. The minimum absolute atomic E-state index is 0.319. The van der Waals surface area contributed by atoms with Gasteiger partial charge in [-0.2, -0.15) is 0 Å². The van der Waals surface area contributed by atoms with E-state index in [4.69, 9.17) is 13.3 Å². The van der Waals surface area contributed by atoms with E-state index in [1.54, 1.807) is 0 Å². The summed E-state index contributed by atoms with van der Waals surface area (Å²) in [6.07, 6.45) is 3.03. The topological polar surface area (TPSA) is 191 Å². The van der Waals surface area contributed by atoms with Gasteiger partial charge in [-0.15, -0.1) is 0 Å². The Hall–Kier alpha value is -3.91. The van der Waals surface area contributed by atoms with Crippen molar-refractivity contribution >= 4 is 0 Å². The normalized spacial score (nSPS) is 11.3. The van der Waals surface area contributed by atoms with E-state index in [1.165, 1.54) is 18.2 Å². The molecule has 0 atom stereocenters. The van der Waals surface area contributed by atoms with Crippen molar-refractivity contribution in [2.24, 2.45) is 0 Å². The first-order valence-electron chi connectivity index (χ1n) is 11.6. The van der Waals surface area contributed by atoms with Crippen molar-refractivity contribution in [3.63, 3.8) is 0 Å². The molecule has 13 heteroatoms. The minimum Gasteiger partial charge on any atom is -0.502 e. The lowest BCUT2D eigenvalue weighted by Gasteiger charge is -2.23. The Morgan fingerprint density at radius 2 is 0.865 bits per heavy atom. The van der Waals surface area contributed by atoms with Gasteiger partial charge in [0.15, 0.2) is 17.2 Å². The molecule has 0 aliphatic rings. The molecule has 3 heterocycles. The van der Waals surface area contributed by atoms with E-state index < -0.39 is 33.5 Å². The zero-order chi connectivity index (χ0) is 26.6. The maximum Gasteiger partial charge on any atom is 0.226 e. The summed E-state index contributed by atoms with van der Waals surface area (Å²) in [5, 5.41) is 37.4. The highest BCUT2D eigenvalue weighted by Crippen LogP contribution is 2.04. The van der Waals surface area contributed by atoms with Crippen molar-refractivity contribution in [3.8, 4) is 17.2 Å². The summed E-state index contributed by atoms with van der Waals surface area (Å²) >= 11 is 0. The molecule has 0 unspecified atom stereocenters. The fourth-order valence-electron chi connectivity index (χ4n) is 3.29. The van der Waals surface area contributed by atoms with Gasteiger partial charge in [0.2, 0.25) is 16.3 Å². The SMILES string of the molecule is O=c1cc(CNCCN(CCNCc2cc(=O)c(O)co2)CCNCc2cc(=O)c(O)co2)occ1O. The van der Waals surface area contributed by atoms with E-state index in [0.717, 1.165) is 18.8 Å². The molecule has 0 spiro atoms. The van der Waals surface area contributed by atoms with Crippen LogP contribution in [0.3, 0.4) is 0 Å². The number of hydrogen-bond acceptors (Lipinski definition) is 13. The zero-order valence-electron chi connectivity index (χ0n) is 20.1. The third-order valence-corrected chi connectivity index (χ3v) is 5.31. The van der Waals surface area contributed by atoms with E-state index in [2.05, 4.69) is 20.9 Å². The van der Waals surface area contributed by atoms with Gasteiger partial charge < -0.3 is 44.5 Å². The van der Waals surface area contributed by atoms with Crippen molar-refractivity contribution in [1.82, 2.24) is 20.9 Å². The van der Waals surface area contributed by atoms with Gasteiger partial charge in [0.05, 0.1) is 19.6 Å². The Balaban J connectivity index is 1.45. The fourth-order valence-corrected chi connectivity index (χ4v) is 3.29. The van der Waals surface area contributed by atoms with Gasteiger partial charge >= 0.3 is 0 Å². The zero-order valence-corrected chi connectivity index (χ0v) is 20.1. The fraction of sp³-hybridized carbons (Fsp3) is 0.375. The third-order valence-electron chi connectivity index (χ3n) is 5.31. The van der Waals surface area contributed by atoms with E-state index in [0.29, 0.717) is 76.2 Å². The van der Waals surface area contributed by atoms with Gasteiger partial charge in [-0.05, 0) is 0 Å². The third kappa shape index (κ3) is 9.24. The lowest BCUT2D eigenvalue weighted by atomic mass is 10.3. The van der Waals surface area contributed by atoms with Crippen LogP contribution in [-0.2, 0) is 19.6 Å². The van der Waals surface area contributed by atoms with Crippen LogP contribution in [0.5, 0.6) is 17.2 Å². The molecule has 0 amide bonds. The van der Waals surface area contributed by atoms with Gasteiger partial charge in [0.1, 0.15) is 36.1 Å². The smallest absolute Gasteiger partial charge is 0.226 e. The van der Waals surface area contributed by atoms with Gasteiger partial charge in [0, 0.05) is 57.5 Å². The molecule has 0 aliphatic heterocycles. The average molecular weight is 519 g/mol. The van der Waals surface area contributed by atoms with E-state index >= 15 is 0 Å². The molecule has 0 aliphatic carbocycles. The number of rotatable bonds is 15. The first kappa shape index (κ1) is 27.7. The molecular formula is C24H30N4O9. The molecule has 3 aromatic rings. The van der Waals surface area contributed by atoms with Gasteiger partial charge in [-0.1, -0.05) is 0 Å². The molecule has 200 valence electrons. The van der Waals surface area contributed by atoms with Gasteiger partial charge in [0.25, 0.3) is 0 Å². The second-order valence-electron chi connectivity index (χ2n) is 8.16. The summed E-state index contributed by atoms with van der Waals surface area (Å²) in [7, 11) is 0. The van der Waals surface area contributed by atoms with E-state index in [-0.39, 0.29) is 0 Å². The molecular weight excluding hydrogens is 488 g/mol. The van der Waals surface area contributed by atoms with Gasteiger partial charge in [-0.25, -0.2) is 0 Å². The molecule has 37 heavy (non-hydrogen) atoms. The van der Waals surface area contributed by atoms with Crippen LogP contribution in [-0.4, -0.2) is 59.5 Å². The summed E-state index contributed by atoms with van der Waals surface area (Å²) < 4.78 is 15.5. The molecule has 13 nitrogen and oxygen atoms in total. The molecule has 3 rings (SSSR count). The summed E-state index contributed by atoms with van der Waals surface area (Å²) in [6.45, 7) is 4.70. The van der Waals surface area contributed by atoms with Crippen molar-refractivity contribution in [2.75, 3.05) is 39.3 Å². The maximum atomic E-state index is 11.5. The first-order chi connectivity index (χ1) is 17.8. The predicted molar refractivity (Wildman–Crippen MR) is 131 cm³/mol. The predicted octanol–water partition coefficient (Wildman–Crippen LogP) is -0.366. The monoisotopic (exact) mass is 518 g/mol. The van der Waals surface area contributed by atoms with Crippen molar-refractivity contribution in [3.05, 3.63) is 84.9 Å². The summed E-state index contributed by atoms with van der Waals surface area (Å²) in [4.78, 5) is 36.7. The van der Waals surface area contributed by atoms with Crippen LogP contribution in [0.1, 0.15) is 17.3 Å². The van der Waals surface area contributed by atoms with Crippen molar-refractivity contribution in [1.29, 1.82) is 0 Å². The van der Waals surface area contributed by atoms with Crippen LogP contribution in [0.25, 0.3) is 0 Å². The van der Waals surface area contributed by atoms with Crippen LogP contribution in [0.4, 0.5) is 0 Å². The van der Waals surface area contributed by atoms with E-state index in [1.807, 2.05) is 0 Å². The van der Waals surface area contributed by atoms with E-state index in [9.17, 15) is 29.7 Å². The number of hydrogen-bond donors (Lipinski definition) is 6. The largest absolute Gasteiger partial charge is 0.502 e. The Kier molecular flexibility index (Phi) is 10.5. The highest BCUT2D eigenvalue weighted by molar-refractivity contribution is 5.16. The molecule has 0 saturated heterocycles. The number of nitrogens with one attached hydrogen (secondary N) is 3.